The third kappa shape index (κ3) is 2.50. The molecule has 13 heavy (non-hydrogen) atoms. The minimum Gasteiger partial charge on any atom is -0.481 e. The van der Waals surface area contributed by atoms with E-state index < -0.39 is 17.7 Å². The number of halogens is 1. The fourth-order valence-electron chi connectivity index (χ4n) is 1.12. The largest absolute Gasteiger partial charge is 0.481 e. The number of aliphatic carboxylic acids is 1. The van der Waals surface area contributed by atoms with Gasteiger partial charge in [-0.3, -0.25) is 9.78 Å². The lowest BCUT2D eigenvalue weighted by Gasteiger charge is -2.07. The van der Waals surface area contributed by atoms with Gasteiger partial charge in [-0.2, -0.15) is 0 Å². The van der Waals surface area contributed by atoms with E-state index in [1.165, 1.54) is 18.3 Å². The molecule has 70 valence electrons. The summed E-state index contributed by atoms with van der Waals surface area (Å²) >= 11 is 0. The highest BCUT2D eigenvalue weighted by atomic mass is 19.1. The molecule has 1 rings (SSSR count). The standard InChI is InChI=1S/C9H10FNO2/c1-6(5-8(12)13)9-7(10)3-2-4-11-9/h2-4,6H,5H2,1H3,(H,12,13). The third-order valence-electron chi connectivity index (χ3n) is 1.73. The minimum atomic E-state index is -0.947. The molecule has 0 aromatic carbocycles. The van der Waals surface area contributed by atoms with Gasteiger partial charge in [0.1, 0.15) is 5.82 Å². The van der Waals surface area contributed by atoms with Crippen molar-refractivity contribution in [3.05, 3.63) is 29.8 Å². The first-order chi connectivity index (χ1) is 6.11. The normalized spacial score (nSPS) is 12.5. The molecule has 0 aliphatic heterocycles. The van der Waals surface area contributed by atoms with Crippen molar-refractivity contribution in [1.82, 2.24) is 4.98 Å². The van der Waals surface area contributed by atoms with E-state index in [9.17, 15) is 9.18 Å². The fraction of sp³-hybridized carbons (Fsp3) is 0.333. The van der Waals surface area contributed by atoms with Gasteiger partial charge >= 0.3 is 5.97 Å². The quantitative estimate of drug-likeness (QED) is 0.777. The van der Waals surface area contributed by atoms with Crippen molar-refractivity contribution >= 4 is 5.97 Å². The van der Waals surface area contributed by atoms with Crippen LogP contribution in [0.4, 0.5) is 4.39 Å². The van der Waals surface area contributed by atoms with Gasteiger partial charge in [0.2, 0.25) is 0 Å². The summed E-state index contributed by atoms with van der Waals surface area (Å²) in [4.78, 5) is 14.1. The number of pyridine rings is 1. The number of carboxylic acid groups (broad SMARTS) is 1. The molecule has 0 aliphatic carbocycles. The van der Waals surface area contributed by atoms with E-state index in [2.05, 4.69) is 4.98 Å². The van der Waals surface area contributed by atoms with Crippen LogP contribution in [0.2, 0.25) is 0 Å². The second-order valence-corrected chi connectivity index (χ2v) is 2.87. The monoisotopic (exact) mass is 183 g/mol. The lowest BCUT2D eigenvalue weighted by Crippen LogP contribution is -2.06. The molecular weight excluding hydrogens is 173 g/mol. The summed E-state index contributed by atoms with van der Waals surface area (Å²) in [5.41, 5.74) is 0.213. The molecule has 1 N–H and O–H groups in total. The van der Waals surface area contributed by atoms with E-state index in [1.807, 2.05) is 0 Å². The molecule has 0 aliphatic rings. The maximum atomic E-state index is 13.0. The number of aromatic nitrogens is 1. The minimum absolute atomic E-state index is 0.103. The van der Waals surface area contributed by atoms with E-state index in [-0.39, 0.29) is 12.1 Å². The van der Waals surface area contributed by atoms with Crippen LogP contribution in [-0.2, 0) is 4.79 Å². The predicted molar refractivity (Wildman–Crippen MR) is 44.9 cm³/mol. The van der Waals surface area contributed by atoms with Crippen molar-refractivity contribution in [3.63, 3.8) is 0 Å². The van der Waals surface area contributed by atoms with Crippen molar-refractivity contribution in [2.24, 2.45) is 0 Å². The number of hydrogen-bond acceptors (Lipinski definition) is 2. The average molecular weight is 183 g/mol. The smallest absolute Gasteiger partial charge is 0.304 e. The van der Waals surface area contributed by atoms with Crippen LogP contribution in [-0.4, -0.2) is 16.1 Å². The summed E-state index contributed by atoms with van der Waals surface area (Å²) in [6, 6.07) is 2.76. The molecule has 0 amide bonds. The molecule has 0 spiro atoms. The van der Waals surface area contributed by atoms with Crippen LogP contribution in [0.5, 0.6) is 0 Å². The van der Waals surface area contributed by atoms with Gasteiger partial charge in [-0.1, -0.05) is 6.92 Å². The fourth-order valence-corrected chi connectivity index (χ4v) is 1.12. The van der Waals surface area contributed by atoms with E-state index in [0.29, 0.717) is 0 Å². The summed E-state index contributed by atoms with van der Waals surface area (Å²) in [7, 11) is 0. The van der Waals surface area contributed by atoms with E-state index in [4.69, 9.17) is 5.11 Å². The van der Waals surface area contributed by atoms with Gasteiger partial charge in [-0.05, 0) is 12.1 Å². The highest BCUT2D eigenvalue weighted by Crippen LogP contribution is 2.18. The second-order valence-electron chi connectivity index (χ2n) is 2.87. The van der Waals surface area contributed by atoms with Crippen LogP contribution >= 0.6 is 0 Å². The molecule has 0 bridgehead atoms. The summed E-state index contributed by atoms with van der Waals surface area (Å²) in [6.45, 7) is 1.64. The molecule has 0 saturated carbocycles. The van der Waals surface area contributed by atoms with Gasteiger partial charge in [-0.15, -0.1) is 0 Å². The third-order valence-corrected chi connectivity index (χ3v) is 1.73. The zero-order valence-corrected chi connectivity index (χ0v) is 7.20. The number of nitrogens with zero attached hydrogens (tertiary/aromatic N) is 1. The number of hydrogen-bond donors (Lipinski definition) is 1. The molecule has 3 nitrogen and oxygen atoms in total. The van der Waals surface area contributed by atoms with Crippen LogP contribution in [0.15, 0.2) is 18.3 Å². The number of carbonyl (C=O) groups is 1. The molecule has 1 aromatic heterocycles. The lowest BCUT2D eigenvalue weighted by atomic mass is 10.0. The Morgan fingerprint density at radius 2 is 2.46 bits per heavy atom. The van der Waals surface area contributed by atoms with E-state index in [0.717, 1.165) is 0 Å². The van der Waals surface area contributed by atoms with Gasteiger partial charge in [0.15, 0.2) is 0 Å². The van der Waals surface area contributed by atoms with Crippen molar-refractivity contribution < 1.29 is 14.3 Å². The Morgan fingerprint density at radius 1 is 1.77 bits per heavy atom. The zero-order chi connectivity index (χ0) is 9.84. The molecule has 0 radical (unpaired) electrons. The first-order valence-electron chi connectivity index (χ1n) is 3.93. The van der Waals surface area contributed by atoms with Crippen LogP contribution in [0.25, 0.3) is 0 Å². The summed E-state index contributed by atoms with van der Waals surface area (Å²) in [5, 5.41) is 8.49. The average Bonchev–Trinajstić information content (AvgIpc) is 2.03. The Kier molecular flexibility index (Phi) is 2.95. The second kappa shape index (κ2) is 3.98. The molecule has 4 heteroatoms. The molecule has 1 aromatic rings. The number of carboxylic acids is 1. The van der Waals surface area contributed by atoms with Gasteiger partial charge in [0.05, 0.1) is 12.1 Å². The maximum absolute atomic E-state index is 13.0. The van der Waals surface area contributed by atoms with Gasteiger partial charge in [0.25, 0.3) is 0 Å². The SMILES string of the molecule is CC(CC(=O)O)c1ncccc1F. The molecule has 1 unspecified atom stereocenters. The lowest BCUT2D eigenvalue weighted by molar-refractivity contribution is -0.137. The van der Waals surface area contributed by atoms with Crippen molar-refractivity contribution in [2.45, 2.75) is 19.3 Å². The van der Waals surface area contributed by atoms with Crippen molar-refractivity contribution in [1.29, 1.82) is 0 Å². The van der Waals surface area contributed by atoms with E-state index >= 15 is 0 Å². The summed E-state index contributed by atoms with van der Waals surface area (Å²) in [5.74, 6) is -1.78. The van der Waals surface area contributed by atoms with Gasteiger partial charge in [0, 0.05) is 12.1 Å². The molecule has 0 fully saturated rings. The maximum Gasteiger partial charge on any atom is 0.304 e. The van der Waals surface area contributed by atoms with Crippen molar-refractivity contribution in [2.75, 3.05) is 0 Å². The van der Waals surface area contributed by atoms with Crippen LogP contribution < -0.4 is 0 Å². The van der Waals surface area contributed by atoms with Gasteiger partial charge < -0.3 is 5.11 Å². The Bertz CT molecular complexity index is 314. The molecule has 1 heterocycles. The highest BCUT2D eigenvalue weighted by molar-refractivity contribution is 5.67. The zero-order valence-electron chi connectivity index (χ0n) is 7.20. The predicted octanol–water partition coefficient (Wildman–Crippen LogP) is 1.80. The Labute approximate surface area is 75.2 Å². The molecule has 1 atom stereocenters. The topological polar surface area (TPSA) is 50.2 Å². The van der Waals surface area contributed by atoms with Crippen LogP contribution in [0, 0.1) is 5.82 Å². The molecular formula is C9H10FNO2. The highest BCUT2D eigenvalue weighted by Gasteiger charge is 2.14. The van der Waals surface area contributed by atoms with Crippen molar-refractivity contribution in [3.8, 4) is 0 Å². The summed E-state index contributed by atoms with van der Waals surface area (Å²) in [6.07, 6.45) is 1.35. The number of rotatable bonds is 3. The summed E-state index contributed by atoms with van der Waals surface area (Å²) < 4.78 is 13.0. The molecule has 0 saturated heterocycles. The van der Waals surface area contributed by atoms with Crippen LogP contribution in [0.3, 0.4) is 0 Å². The Morgan fingerprint density at radius 3 is 3.00 bits per heavy atom. The van der Waals surface area contributed by atoms with Crippen LogP contribution in [0.1, 0.15) is 25.0 Å². The Balaban J connectivity index is 2.82. The first kappa shape index (κ1) is 9.64. The Hall–Kier alpha value is -1.45. The van der Waals surface area contributed by atoms with E-state index in [1.54, 1.807) is 6.92 Å². The van der Waals surface area contributed by atoms with Gasteiger partial charge in [-0.25, -0.2) is 4.39 Å². The first-order valence-corrected chi connectivity index (χ1v) is 3.93.